The fraction of sp³-hybridized carbons (Fsp3) is 0.111. The van der Waals surface area contributed by atoms with E-state index in [2.05, 4.69) is 5.10 Å². The molecule has 4 nitrogen and oxygen atoms in total. The second kappa shape index (κ2) is 7.02. The lowest BCUT2D eigenvalue weighted by molar-refractivity contribution is -0.141. The normalized spacial score (nSPS) is 11.5. The van der Waals surface area contributed by atoms with Crippen LogP contribution < -0.4 is 5.32 Å². The summed E-state index contributed by atoms with van der Waals surface area (Å²) in [5.41, 5.74) is -3.08. The molecule has 3 aromatic rings. The number of halogens is 6. The number of hydrogen-bond acceptors (Lipinski definition) is 2. The van der Waals surface area contributed by atoms with Crippen molar-refractivity contribution in [1.29, 1.82) is 0 Å². The van der Waals surface area contributed by atoms with Crippen molar-refractivity contribution < 1.29 is 31.1 Å². The van der Waals surface area contributed by atoms with E-state index in [1.807, 2.05) is 5.32 Å². The minimum atomic E-state index is -4.93. The number of anilines is 1. The van der Waals surface area contributed by atoms with Crippen molar-refractivity contribution in [2.24, 2.45) is 7.05 Å². The lowest BCUT2D eigenvalue weighted by Crippen LogP contribution is -2.19. The zero-order chi connectivity index (χ0) is 20.6. The summed E-state index contributed by atoms with van der Waals surface area (Å²) in [6.07, 6.45) is -4.13. The van der Waals surface area contributed by atoms with Crippen LogP contribution >= 0.6 is 0 Å². The topological polar surface area (TPSA) is 46.9 Å². The third kappa shape index (κ3) is 3.71. The molecule has 2 aromatic carbocycles. The Kier molecular flexibility index (Phi) is 4.88. The quantitative estimate of drug-likeness (QED) is 0.645. The number of carbonyl (C=O) groups excluding carboxylic acids is 1. The molecule has 0 bridgehead atoms. The van der Waals surface area contributed by atoms with E-state index in [9.17, 15) is 31.1 Å². The van der Waals surface area contributed by atoms with Crippen molar-refractivity contribution in [3.05, 3.63) is 71.3 Å². The molecule has 0 fully saturated rings. The highest BCUT2D eigenvalue weighted by molar-refractivity contribution is 6.07. The van der Waals surface area contributed by atoms with Gasteiger partial charge in [-0.05, 0) is 29.8 Å². The molecule has 0 aliphatic carbocycles. The molecule has 0 aliphatic heterocycles. The van der Waals surface area contributed by atoms with E-state index in [0.29, 0.717) is 0 Å². The lowest BCUT2D eigenvalue weighted by Gasteiger charge is -2.13. The van der Waals surface area contributed by atoms with Gasteiger partial charge in [-0.3, -0.25) is 9.48 Å². The van der Waals surface area contributed by atoms with Crippen LogP contribution in [0, 0.1) is 17.5 Å². The van der Waals surface area contributed by atoms with Crippen molar-refractivity contribution >= 4 is 11.6 Å². The third-order valence-corrected chi connectivity index (χ3v) is 3.81. The number of hydrogen-bond donors (Lipinski definition) is 1. The molecule has 1 aromatic heterocycles. The second-order valence-corrected chi connectivity index (χ2v) is 5.81. The lowest BCUT2D eigenvalue weighted by atomic mass is 10.0. The number of amides is 1. The predicted molar refractivity (Wildman–Crippen MR) is 87.9 cm³/mol. The van der Waals surface area contributed by atoms with Gasteiger partial charge in [0.25, 0.3) is 5.91 Å². The molecule has 3 rings (SSSR count). The van der Waals surface area contributed by atoms with Gasteiger partial charge in [-0.1, -0.05) is 12.1 Å². The van der Waals surface area contributed by atoms with E-state index < -0.39 is 46.5 Å². The summed E-state index contributed by atoms with van der Waals surface area (Å²) in [6.45, 7) is 0. The van der Waals surface area contributed by atoms with Crippen molar-refractivity contribution in [3.63, 3.8) is 0 Å². The summed E-state index contributed by atoms with van der Waals surface area (Å²) >= 11 is 0. The molecule has 28 heavy (non-hydrogen) atoms. The Labute approximate surface area is 154 Å². The Bertz CT molecular complexity index is 1060. The minimum absolute atomic E-state index is 0.0939. The number of alkyl halides is 3. The highest BCUT2D eigenvalue weighted by Crippen LogP contribution is 2.34. The van der Waals surface area contributed by atoms with E-state index in [4.69, 9.17) is 0 Å². The molecule has 1 amide bonds. The van der Waals surface area contributed by atoms with Crippen LogP contribution in [0.2, 0.25) is 0 Å². The van der Waals surface area contributed by atoms with E-state index in [1.165, 1.54) is 19.2 Å². The fourth-order valence-corrected chi connectivity index (χ4v) is 2.61. The zero-order valence-electron chi connectivity index (χ0n) is 14.1. The molecule has 0 saturated heterocycles. The Hall–Kier alpha value is -3.30. The number of nitrogens with one attached hydrogen (secondary N) is 1. The highest BCUT2D eigenvalue weighted by atomic mass is 19.4. The first-order chi connectivity index (χ1) is 13.1. The van der Waals surface area contributed by atoms with Crippen molar-refractivity contribution in [2.45, 2.75) is 6.18 Å². The van der Waals surface area contributed by atoms with Gasteiger partial charge in [-0.25, -0.2) is 13.2 Å². The summed E-state index contributed by atoms with van der Waals surface area (Å²) in [4.78, 5) is 12.4. The minimum Gasteiger partial charge on any atom is -0.319 e. The van der Waals surface area contributed by atoms with Crippen molar-refractivity contribution in [3.8, 4) is 11.1 Å². The second-order valence-electron chi connectivity index (χ2n) is 5.81. The molecular formula is C18H11F6N3O. The van der Waals surface area contributed by atoms with Gasteiger partial charge < -0.3 is 5.32 Å². The van der Waals surface area contributed by atoms with Crippen LogP contribution in [0.4, 0.5) is 32.0 Å². The van der Waals surface area contributed by atoms with E-state index in [1.54, 1.807) is 0 Å². The fourth-order valence-electron chi connectivity index (χ4n) is 2.61. The molecule has 10 heteroatoms. The van der Waals surface area contributed by atoms with E-state index >= 15 is 0 Å². The SMILES string of the molecule is Cn1cc(C(=O)Nc2c(-c3cccc(F)c3)ccc(F)c2F)c(C(F)(F)F)n1. The van der Waals surface area contributed by atoms with Crippen LogP contribution in [0.25, 0.3) is 11.1 Å². The number of carbonyl (C=O) groups is 1. The van der Waals surface area contributed by atoms with Gasteiger partial charge in [-0.15, -0.1) is 0 Å². The molecular weight excluding hydrogens is 388 g/mol. The van der Waals surface area contributed by atoms with Crippen LogP contribution in [0.5, 0.6) is 0 Å². The molecule has 0 unspecified atom stereocenters. The zero-order valence-corrected chi connectivity index (χ0v) is 14.1. The largest absolute Gasteiger partial charge is 0.435 e. The van der Waals surface area contributed by atoms with Gasteiger partial charge in [0.2, 0.25) is 0 Å². The summed E-state index contributed by atoms with van der Waals surface area (Å²) in [7, 11) is 1.17. The van der Waals surface area contributed by atoms with Crippen LogP contribution in [0.15, 0.2) is 42.6 Å². The average molecular weight is 399 g/mol. The van der Waals surface area contributed by atoms with Gasteiger partial charge in [0.05, 0.1) is 11.3 Å². The molecule has 0 atom stereocenters. The molecule has 0 aliphatic rings. The molecule has 1 heterocycles. The molecule has 0 saturated carbocycles. The van der Waals surface area contributed by atoms with Crippen molar-refractivity contribution in [1.82, 2.24) is 9.78 Å². The summed E-state index contributed by atoms with van der Waals surface area (Å²) in [5, 5.41) is 5.14. The van der Waals surface area contributed by atoms with Gasteiger partial charge in [0.1, 0.15) is 5.82 Å². The first kappa shape index (κ1) is 19.5. The Balaban J connectivity index is 2.08. The van der Waals surface area contributed by atoms with Crippen LogP contribution in [0.3, 0.4) is 0 Å². The Morgan fingerprint density at radius 1 is 1.11 bits per heavy atom. The molecule has 0 spiro atoms. The van der Waals surface area contributed by atoms with Gasteiger partial charge in [0, 0.05) is 18.8 Å². The monoisotopic (exact) mass is 399 g/mol. The number of aromatic nitrogens is 2. The van der Waals surface area contributed by atoms with Gasteiger partial charge in [-0.2, -0.15) is 18.3 Å². The Morgan fingerprint density at radius 3 is 2.46 bits per heavy atom. The first-order valence-corrected chi connectivity index (χ1v) is 7.74. The van der Waals surface area contributed by atoms with E-state index in [0.717, 1.165) is 35.1 Å². The predicted octanol–water partition coefficient (Wildman–Crippen LogP) is 4.78. The maximum absolute atomic E-state index is 14.3. The molecule has 146 valence electrons. The smallest absolute Gasteiger partial charge is 0.319 e. The maximum atomic E-state index is 14.3. The molecule has 0 radical (unpaired) electrons. The van der Waals surface area contributed by atoms with Crippen molar-refractivity contribution in [2.75, 3.05) is 5.32 Å². The van der Waals surface area contributed by atoms with Crippen LogP contribution in [-0.2, 0) is 13.2 Å². The first-order valence-electron chi connectivity index (χ1n) is 7.74. The number of nitrogens with zero attached hydrogens (tertiary/aromatic N) is 2. The highest BCUT2D eigenvalue weighted by Gasteiger charge is 2.39. The number of benzene rings is 2. The summed E-state index contributed by atoms with van der Waals surface area (Å²) < 4.78 is 81.5. The average Bonchev–Trinajstić information content (AvgIpc) is 3.01. The van der Waals surface area contributed by atoms with Gasteiger partial charge in [0.15, 0.2) is 17.3 Å². The van der Waals surface area contributed by atoms with Gasteiger partial charge >= 0.3 is 6.18 Å². The summed E-state index contributed by atoms with van der Waals surface area (Å²) in [5.74, 6) is -4.85. The van der Waals surface area contributed by atoms with Crippen LogP contribution in [0.1, 0.15) is 16.1 Å². The van der Waals surface area contributed by atoms with Crippen LogP contribution in [-0.4, -0.2) is 15.7 Å². The standard InChI is InChI=1S/C18H11F6N3O/c1-27-8-12(16(26-27)18(22,23)24)17(28)25-15-11(5-6-13(20)14(15)21)9-3-2-4-10(19)7-9/h2-8H,1H3,(H,25,28). The summed E-state index contributed by atoms with van der Waals surface area (Å²) in [6, 6.07) is 6.64. The number of rotatable bonds is 3. The molecule has 1 N–H and O–H groups in total. The van der Waals surface area contributed by atoms with E-state index in [-0.39, 0.29) is 11.1 Å². The Morgan fingerprint density at radius 2 is 1.82 bits per heavy atom. The maximum Gasteiger partial charge on any atom is 0.435 e. The third-order valence-electron chi connectivity index (χ3n) is 3.81. The number of aryl methyl sites for hydroxylation is 1.